The number of hydrogen-bond donors (Lipinski definition) is 0. The van der Waals surface area contributed by atoms with E-state index in [0.717, 1.165) is 5.39 Å². The van der Waals surface area contributed by atoms with E-state index in [9.17, 15) is 4.39 Å². The molecule has 0 aliphatic heterocycles. The van der Waals surface area contributed by atoms with Gasteiger partial charge >= 0.3 is 0 Å². The first-order chi connectivity index (χ1) is 9.72. The lowest BCUT2D eigenvalue weighted by Crippen LogP contribution is -1.98. The van der Waals surface area contributed by atoms with Crippen molar-refractivity contribution in [3.05, 3.63) is 54.1 Å². The molecule has 0 spiro atoms. The molecule has 0 saturated carbocycles. The number of hydrogen-bond acceptors (Lipinski definition) is 3. The van der Waals surface area contributed by atoms with E-state index in [1.807, 2.05) is 6.07 Å². The molecular weight excluding hydrogens is 257 g/mol. The number of benzene rings is 1. The van der Waals surface area contributed by atoms with Crippen LogP contribution in [0.4, 0.5) is 4.39 Å². The highest BCUT2D eigenvalue weighted by atomic mass is 19.1. The maximum absolute atomic E-state index is 14.1. The summed E-state index contributed by atoms with van der Waals surface area (Å²) < 4.78 is 20.7. The average Bonchev–Trinajstić information content (AvgIpc) is 2.89. The number of aromatic nitrogens is 2. The molecule has 0 fully saturated rings. The van der Waals surface area contributed by atoms with Crippen LogP contribution in [0.5, 0.6) is 5.75 Å². The number of nitrogens with zero attached hydrogens (tertiary/aromatic N) is 3. The third kappa shape index (κ3) is 1.88. The Kier molecular flexibility index (Phi) is 2.84. The van der Waals surface area contributed by atoms with Gasteiger partial charge in [-0.1, -0.05) is 0 Å². The number of ether oxygens (including phenoxy) is 1. The Morgan fingerprint density at radius 2 is 2.15 bits per heavy atom. The van der Waals surface area contributed by atoms with Gasteiger partial charge in [0.2, 0.25) is 0 Å². The lowest BCUT2D eigenvalue weighted by Gasteiger charge is -2.07. The number of nitriles is 1. The van der Waals surface area contributed by atoms with E-state index in [-0.39, 0.29) is 0 Å². The first kappa shape index (κ1) is 12.2. The number of pyridine rings is 1. The van der Waals surface area contributed by atoms with Gasteiger partial charge in [0.1, 0.15) is 17.5 Å². The average molecular weight is 267 g/mol. The largest absolute Gasteiger partial charge is 0.497 e. The van der Waals surface area contributed by atoms with Crippen molar-refractivity contribution in [3.63, 3.8) is 0 Å². The van der Waals surface area contributed by atoms with Gasteiger partial charge in [0, 0.05) is 23.8 Å². The zero-order valence-electron chi connectivity index (χ0n) is 10.7. The number of methoxy groups -OCH3 is 1. The Morgan fingerprint density at radius 3 is 2.85 bits per heavy atom. The van der Waals surface area contributed by atoms with E-state index in [4.69, 9.17) is 10.00 Å². The molecule has 0 aliphatic rings. The Morgan fingerprint density at radius 1 is 1.30 bits per heavy atom. The molecule has 0 atom stereocenters. The summed E-state index contributed by atoms with van der Waals surface area (Å²) in [7, 11) is 1.49. The highest BCUT2D eigenvalue weighted by Crippen LogP contribution is 2.24. The molecule has 0 radical (unpaired) electrons. The molecule has 0 saturated heterocycles. The van der Waals surface area contributed by atoms with Crippen LogP contribution >= 0.6 is 0 Å². The van der Waals surface area contributed by atoms with Crippen LogP contribution in [0.1, 0.15) is 5.56 Å². The van der Waals surface area contributed by atoms with E-state index in [1.165, 1.54) is 19.4 Å². The molecule has 20 heavy (non-hydrogen) atoms. The van der Waals surface area contributed by atoms with Crippen LogP contribution in [0, 0.1) is 17.1 Å². The lowest BCUT2D eigenvalue weighted by atomic mass is 10.2. The Hall–Kier alpha value is -2.87. The van der Waals surface area contributed by atoms with E-state index < -0.39 is 5.82 Å². The lowest BCUT2D eigenvalue weighted by molar-refractivity contribution is 0.411. The quantitative estimate of drug-likeness (QED) is 0.717. The van der Waals surface area contributed by atoms with Crippen molar-refractivity contribution in [1.82, 2.24) is 9.55 Å². The molecule has 3 aromatic rings. The molecule has 0 amide bonds. The minimum absolute atomic E-state index is 0.387. The first-order valence-electron chi connectivity index (χ1n) is 5.94. The van der Waals surface area contributed by atoms with Crippen molar-refractivity contribution >= 4 is 11.0 Å². The monoisotopic (exact) mass is 267 g/mol. The van der Waals surface area contributed by atoms with Crippen LogP contribution in [-0.2, 0) is 0 Å². The molecule has 0 N–H and O–H groups in total. The fourth-order valence-electron chi connectivity index (χ4n) is 2.09. The summed E-state index contributed by atoms with van der Waals surface area (Å²) in [5.41, 5.74) is 1.47. The zero-order chi connectivity index (χ0) is 14.1. The van der Waals surface area contributed by atoms with Gasteiger partial charge in [0.15, 0.2) is 5.82 Å². The number of halogens is 1. The summed E-state index contributed by atoms with van der Waals surface area (Å²) in [4.78, 5) is 4.21. The summed E-state index contributed by atoms with van der Waals surface area (Å²) in [6.45, 7) is 0. The summed E-state index contributed by atoms with van der Waals surface area (Å²) in [6.07, 6.45) is 3.20. The predicted molar refractivity (Wildman–Crippen MR) is 72.3 cm³/mol. The van der Waals surface area contributed by atoms with Gasteiger partial charge in [-0.2, -0.15) is 5.26 Å². The molecule has 2 heterocycles. The van der Waals surface area contributed by atoms with Gasteiger partial charge < -0.3 is 4.74 Å². The fourth-order valence-corrected chi connectivity index (χ4v) is 2.09. The normalized spacial score (nSPS) is 10.4. The zero-order valence-corrected chi connectivity index (χ0v) is 10.7. The molecule has 0 bridgehead atoms. The van der Waals surface area contributed by atoms with Gasteiger partial charge in [-0.25, -0.2) is 9.37 Å². The molecular formula is C15H10FN3O. The summed E-state index contributed by atoms with van der Waals surface area (Å²) in [5.74, 6) is 0.0652. The Balaban J connectivity index is 2.18. The van der Waals surface area contributed by atoms with E-state index in [1.54, 1.807) is 35.0 Å². The van der Waals surface area contributed by atoms with Crippen molar-refractivity contribution in [1.29, 1.82) is 5.26 Å². The Labute approximate surface area is 114 Å². The maximum atomic E-state index is 14.1. The minimum Gasteiger partial charge on any atom is -0.497 e. The van der Waals surface area contributed by atoms with Crippen molar-refractivity contribution < 1.29 is 9.13 Å². The van der Waals surface area contributed by atoms with E-state index >= 15 is 0 Å². The fraction of sp³-hybridized carbons (Fsp3) is 0.0667. The second-order valence-corrected chi connectivity index (χ2v) is 4.25. The van der Waals surface area contributed by atoms with E-state index in [0.29, 0.717) is 22.6 Å². The topological polar surface area (TPSA) is 50.8 Å². The maximum Gasteiger partial charge on any atom is 0.150 e. The minimum atomic E-state index is -0.395. The smallest absolute Gasteiger partial charge is 0.150 e. The third-order valence-electron chi connectivity index (χ3n) is 3.07. The molecule has 0 unspecified atom stereocenters. The van der Waals surface area contributed by atoms with Gasteiger partial charge in [0.25, 0.3) is 0 Å². The van der Waals surface area contributed by atoms with Gasteiger partial charge in [-0.3, -0.25) is 4.57 Å². The first-order valence-corrected chi connectivity index (χ1v) is 5.94. The van der Waals surface area contributed by atoms with Gasteiger partial charge in [-0.15, -0.1) is 0 Å². The second-order valence-electron chi connectivity index (χ2n) is 4.25. The second kappa shape index (κ2) is 4.67. The molecule has 3 rings (SSSR count). The van der Waals surface area contributed by atoms with Gasteiger partial charge in [0.05, 0.1) is 18.4 Å². The third-order valence-corrected chi connectivity index (χ3v) is 3.07. The molecule has 98 valence electrons. The summed E-state index contributed by atoms with van der Waals surface area (Å²) in [5, 5.41) is 9.64. The van der Waals surface area contributed by atoms with Crippen LogP contribution in [0.15, 0.2) is 42.7 Å². The summed E-state index contributed by atoms with van der Waals surface area (Å²) in [6, 6.07) is 10.2. The van der Waals surface area contributed by atoms with Crippen LogP contribution in [0.25, 0.3) is 16.7 Å². The van der Waals surface area contributed by atoms with Crippen LogP contribution in [-0.4, -0.2) is 16.7 Å². The molecule has 2 aromatic heterocycles. The van der Waals surface area contributed by atoms with Crippen molar-refractivity contribution in [2.75, 3.05) is 7.11 Å². The van der Waals surface area contributed by atoms with Crippen LogP contribution in [0.3, 0.4) is 0 Å². The Bertz CT molecular complexity index is 833. The standard InChI is InChI=1S/C15H10FN3O/c1-20-12-2-3-14(13(16)7-12)19-5-4-11-6-10(8-17)9-18-15(11)19/h2-7,9H,1H3. The van der Waals surface area contributed by atoms with Crippen molar-refractivity contribution in [3.8, 4) is 17.5 Å². The number of fused-ring (bicyclic) bond motifs is 1. The molecule has 0 aliphatic carbocycles. The highest BCUT2D eigenvalue weighted by Gasteiger charge is 2.10. The SMILES string of the molecule is COc1ccc(-n2ccc3cc(C#N)cnc32)c(F)c1. The molecule has 4 nitrogen and oxygen atoms in total. The highest BCUT2D eigenvalue weighted by molar-refractivity contribution is 5.79. The molecule has 1 aromatic carbocycles. The summed E-state index contributed by atoms with van der Waals surface area (Å²) >= 11 is 0. The predicted octanol–water partition coefficient (Wildman–Crippen LogP) is 3.04. The van der Waals surface area contributed by atoms with Crippen molar-refractivity contribution in [2.45, 2.75) is 0 Å². The van der Waals surface area contributed by atoms with Crippen LogP contribution < -0.4 is 4.74 Å². The van der Waals surface area contributed by atoms with Crippen LogP contribution in [0.2, 0.25) is 0 Å². The number of rotatable bonds is 2. The molecule has 5 heteroatoms. The van der Waals surface area contributed by atoms with E-state index in [2.05, 4.69) is 4.98 Å². The van der Waals surface area contributed by atoms with Crippen molar-refractivity contribution in [2.24, 2.45) is 0 Å². The van der Waals surface area contributed by atoms with Gasteiger partial charge in [-0.05, 0) is 24.3 Å².